The van der Waals surface area contributed by atoms with E-state index in [1.165, 1.54) is 5.56 Å². The zero-order valence-corrected chi connectivity index (χ0v) is 18.7. The van der Waals surface area contributed by atoms with E-state index in [1.54, 1.807) is 32.4 Å². The van der Waals surface area contributed by atoms with Crippen LogP contribution in [0.2, 0.25) is 0 Å². The molecule has 0 unspecified atom stereocenters. The summed E-state index contributed by atoms with van der Waals surface area (Å²) in [5, 5.41) is 6.82. The van der Waals surface area contributed by atoms with E-state index in [0.717, 1.165) is 5.56 Å². The van der Waals surface area contributed by atoms with Crippen molar-refractivity contribution in [3.63, 3.8) is 0 Å². The van der Waals surface area contributed by atoms with Crippen molar-refractivity contribution in [3.05, 3.63) is 59.5 Å². The molecule has 7 nitrogen and oxygen atoms in total. The molecule has 1 amide bonds. The van der Waals surface area contributed by atoms with Crippen LogP contribution >= 0.6 is 0 Å². The molecule has 164 valence electrons. The molecule has 0 fully saturated rings. The molecule has 0 spiro atoms. The molecule has 1 aromatic heterocycles. The SMILES string of the molecule is COc1ccc(-c2noc(CNC(=O)CCc3ccc(C(C)(C)C)cc3)n2)c(OC)c1. The van der Waals surface area contributed by atoms with Crippen molar-refractivity contribution in [1.29, 1.82) is 0 Å². The second-order valence-electron chi connectivity index (χ2n) is 8.30. The van der Waals surface area contributed by atoms with E-state index in [0.29, 0.717) is 41.6 Å². The maximum Gasteiger partial charge on any atom is 0.246 e. The molecule has 0 saturated heterocycles. The lowest BCUT2D eigenvalue weighted by molar-refractivity contribution is -0.121. The topological polar surface area (TPSA) is 86.5 Å². The van der Waals surface area contributed by atoms with E-state index in [1.807, 2.05) is 0 Å². The third-order valence-corrected chi connectivity index (χ3v) is 5.02. The minimum absolute atomic E-state index is 0.0679. The number of rotatable bonds is 8. The molecule has 7 heteroatoms. The van der Waals surface area contributed by atoms with E-state index >= 15 is 0 Å². The molecule has 0 aliphatic carbocycles. The normalized spacial score (nSPS) is 11.3. The van der Waals surface area contributed by atoms with Crippen molar-refractivity contribution in [3.8, 4) is 22.9 Å². The summed E-state index contributed by atoms with van der Waals surface area (Å²) in [5.74, 6) is 1.90. The molecule has 0 aliphatic rings. The molecule has 0 saturated carbocycles. The summed E-state index contributed by atoms with van der Waals surface area (Å²) < 4.78 is 15.9. The van der Waals surface area contributed by atoms with E-state index in [9.17, 15) is 4.79 Å². The lowest BCUT2D eigenvalue weighted by Gasteiger charge is -2.19. The number of nitrogens with one attached hydrogen (secondary N) is 1. The van der Waals surface area contributed by atoms with Crippen molar-refractivity contribution < 1.29 is 18.8 Å². The van der Waals surface area contributed by atoms with Crippen molar-refractivity contribution >= 4 is 5.91 Å². The number of amides is 1. The number of carbonyl (C=O) groups is 1. The van der Waals surface area contributed by atoms with Crippen LogP contribution in [0.25, 0.3) is 11.4 Å². The first-order chi connectivity index (χ1) is 14.8. The summed E-state index contributed by atoms with van der Waals surface area (Å²) in [4.78, 5) is 16.6. The molecule has 0 radical (unpaired) electrons. The van der Waals surface area contributed by atoms with Gasteiger partial charge in [-0.3, -0.25) is 4.79 Å². The first-order valence-corrected chi connectivity index (χ1v) is 10.2. The van der Waals surface area contributed by atoms with Gasteiger partial charge in [-0.25, -0.2) is 0 Å². The number of carbonyl (C=O) groups excluding carboxylic acids is 1. The minimum atomic E-state index is -0.0679. The average Bonchev–Trinajstić information content (AvgIpc) is 3.24. The molecule has 3 aromatic rings. The van der Waals surface area contributed by atoms with E-state index in [2.05, 4.69) is 60.5 Å². The zero-order valence-electron chi connectivity index (χ0n) is 18.7. The van der Waals surface area contributed by atoms with Gasteiger partial charge in [0.25, 0.3) is 0 Å². The predicted octanol–water partition coefficient (Wildman–Crippen LogP) is 4.30. The largest absolute Gasteiger partial charge is 0.497 e. The Morgan fingerprint density at radius 2 is 1.81 bits per heavy atom. The Morgan fingerprint density at radius 1 is 1.06 bits per heavy atom. The van der Waals surface area contributed by atoms with Gasteiger partial charge in [-0.1, -0.05) is 50.2 Å². The lowest BCUT2D eigenvalue weighted by atomic mass is 9.86. The Bertz CT molecular complexity index is 1020. The van der Waals surface area contributed by atoms with Crippen molar-refractivity contribution in [2.75, 3.05) is 14.2 Å². The predicted molar refractivity (Wildman–Crippen MR) is 118 cm³/mol. The zero-order chi connectivity index (χ0) is 22.4. The fourth-order valence-electron chi connectivity index (χ4n) is 3.11. The summed E-state index contributed by atoms with van der Waals surface area (Å²) >= 11 is 0. The Hall–Kier alpha value is -3.35. The fourth-order valence-corrected chi connectivity index (χ4v) is 3.11. The second kappa shape index (κ2) is 9.64. The van der Waals surface area contributed by atoms with Crippen LogP contribution in [0.1, 0.15) is 44.2 Å². The number of nitrogens with zero attached hydrogens (tertiary/aromatic N) is 2. The Labute approximate surface area is 182 Å². The van der Waals surface area contributed by atoms with E-state index in [-0.39, 0.29) is 17.9 Å². The molecule has 0 aliphatic heterocycles. The molecule has 31 heavy (non-hydrogen) atoms. The third-order valence-electron chi connectivity index (χ3n) is 5.02. The van der Waals surface area contributed by atoms with Gasteiger partial charge < -0.3 is 19.3 Å². The van der Waals surface area contributed by atoms with Crippen LogP contribution in [0.5, 0.6) is 11.5 Å². The van der Waals surface area contributed by atoms with Gasteiger partial charge in [0, 0.05) is 12.5 Å². The van der Waals surface area contributed by atoms with Crippen molar-refractivity contribution in [2.24, 2.45) is 0 Å². The van der Waals surface area contributed by atoms with Gasteiger partial charge in [-0.2, -0.15) is 4.98 Å². The summed E-state index contributed by atoms with van der Waals surface area (Å²) in [7, 11) is 3.15. The summed E-state index contributed by atoms with van der Waals surface area (Å²) in [6.45, 7) is 6.72. The lowest BCUT2D eigenvalue weighted by Crippen LogP contribution is -2.23. The van der Waals surface area contributed by atoms with Crippen LogP contribution in [-0.4, -0.2) is 30.3 Å². The number of hydrogen-bond acceptors (Lipinski definition) is 6. The standard InChI is InChI=1S/C24H29N3O4/c1-24(2,3)17-9-6-16(7-10-17)8-13-21(28)25-15-22-26-23(27-31-22)19-12-11-18(29-4)14-20(19)30-5/h6-7,9-12,14H,8,13,15H2,1-5H3,(H,25,28). The van der Waals surface area contributed by atoms with Gasteiger partial charge >= 0.3 is 0 Å². The highest BCUT2D eigenvalue weighted by molar-refractivity contribution is 5.76. The molecule has 1 heterocycles. The summed E-state index contributed by atoms with van der Waals surface area (Å²) in [6, 6.07) is 13.8. The smallest absolute Gasteiger partial charge is 0.246 e. The number of aryl methyl sites for hydroxylation is 1. The number of benzene rings is 2. The van der Waals surface area contributed by atoms with Crippen molar-refractivity contribution in [2.45, 2.75) is 45.6 Å². The van der Waals surface area contributed by atoms with E-state index < -0.39 is 0 Å². The van der Waals surface area contributed by atoms with E-state index in [4.69, 9.17) is 14.0 Å². The number of methoxy groups -OCH3 is 2. The Kier molecular flexibility index (Phi) is 6.95. The fraction of sp³-hybridized carbons (Fsp3) is 0.375. The molecule has 3 rings (SSSR count). The second-order valence-corrected chi connectivity index (χ2v) is 8.30. The first kappa shape index (κ1) is 22.3. The van der Waals surface area contributed by atoms with Crippen LogP contribution in [0, 0.1) is 0 Å². The van der Waals surface area contributed by atoms with Crippen LogP contribution in [-0.2, 0) is 23.2 Å². The summed E-state index contributed by atoms with van der Waals surface area (Å²) in [6.07, 6.45) is 1.07. The minimum Gasteiger partial charge on any atom is -0.497 e. The van der Waals surface area contributed by atoms with Gasteiger partial charge in [0.05, 0.1) is 26.3 Å². The maximum absolute atomic E-state index is 12.2. The average molecular weight is 424 g/mol. The van der Waals surface area contributed by atoms with Gasteiger partial charge in [0.2, 0.25) is 17.6 Å². The van der Waals surface area contributed by atoms with Crippen molar-refractivity contribution in [1.82, 2.24) is 15.5 Å². The molecular weight excluding hydrogens is 394 g/mol. The molecule has 1 N–H and O–H groups in total. The van der Waals surface area contributed by atoms with Gasteiger partial charge in [-0.15, -0.1) is 0 Å². The number of aromatic nitrogens is 2. The van der Waals surface area contributed by atoms with Crippen LogP contribution in [0.3, 0.4) is 0 Å². The van der Waals surface area contributed by atoms with Crippen LogP contribution in [0.4, 0.5) is 0 Å². The van der Waals surface area contributed by atoms with Crippen LogP contribution in [0.15, 0.2) is 47.0 Å². The monoisotopic (exact) mass is 423 g/mol. The highest BCUT2D eigenvalue weighted by Gasteiger charge is 2.15. The van der Waals surface area contributed by atoms with Gasteiger partial charge in [-0.05, 0) is 35.1 Å². The Balaban J connectivity index is 1.53. The number of hydrogen-bond donors (Lipinski definition) is 1. The van der Waals surface area contributed by atoms with Gasteiger partial charge in [0.15, 0.2) is 0 Å². The highest BCUT2D eigenvalue weighted by atomic mass is 16.5. The number of ether oxygens (including phenoxy) is 2. The first-order valence-electron chi connectivity index (χ1n) is 10.2. The van der Waals surface area contributed by atoms with Gasteiger partial charge in [0.1, 0.15) is 11.5 Å². The van der Waals surface area contributed by atoms with Crippen LogP contribution < -0.4 is 14.8 Å². The Morgan fingerprint density at radius 3 is 2.45 bits per heavy atom. The quantitative estimate of drug-likeness (QED) is 0.581. The highest BCUT2D eigenvalue weighted by Crippen LogP contribution is 2.31. The molecule has 0 atom stereocenters. The third kappa shape index (κ3) is 5.84. The maximum atomic E-state index is 12.2. The molecule has 2 aromatic carbocycles. The summed E-state index contributed by atoms with van der Waals surface area (Å²) in [5.41, 5.74) is 3.22. The molecular formula is C24H29N3O4. The molecule has 0 bridgehead atoms.